The molecule has 2 rings (SSSR count). The van der Waals surface area contributed by atoms with Crippen molar-refractivity contribution in [3.8, 4) is 0 Å². The Morgan fingerprint density at radius 3 is 2.85 bits per heavy atom. The molecule has 0 spiro atoms. The molecule has 1 amide bonds. The number of hydrogen-bond acceptors (Lipinski definition) is 5. The first-order valence-corrected chi connectivity index (χ1v) is 6.00. The Hall–Kier alpha value is -2.22. The van der Waals surface area contributed by atoms with E-state index in [2.05, 4.69) is 0 Å². The average Bonchev–Trinajstić information content (AvgIpc) is 2.93. The standard InChI is InChI=1S/C12H14FN3O4/c1-15(7-2-3-20-6-7)12(17)8-4-10(14)9(13)5-11(8)16(18)19/h4-5,7H,2-3,6,14H2,1H3. The number of carbonyl (C=O) groups is 1. The van der Waals surface area contributed by atoms with Gasteiger partial charge in [0, 0.05) is 13.7 Å². The molecule has 1 aliphatic rings. The maximum absolute atomic E-state index is 13.3. The van der Waals surface area contributed by atoms with Gasteiger partial charge in [-0.15, -0.1) is 0 Å². The normalized spacial score (nSPS) is 18.0. The summed E-state index contributed by atoms with van der Waals surface area (Å²) in [4.78, 5) is 23.8. The monoisotopic (exact) mass is 283 g/mol. The molecule has 1 aromatic carbocycles. The lowest BCUT2D eigenvalue weighted by Gasteiger charge is -2.23. The van der Waals surface area contributed by atoms with Crippen molar-refractivity contribution in [2.75, 3.05) is 26.0 Å². The Balaban J connectivity index is 2.37. The molecule has 7 nitrogen and oxygen atoms in total. The van der Waals surface area contributed by atoms with Crippen molar-refractivity contribution in [2.24, 2.45) is 0 Å². The van der Waals surface area contributed by atoms with Crippen LogP contribution in [0.4, 0.5) is 15.8 Å². The summed E-state index contributed by atoms with van der Waals surface area (Å²) in [6, 6.07) is 1.53. The fourth-order valence-corrected chi connectivity index (χ4v) is 2.09. The van der Waals surface area contributed by atoms with E-state index in [1.54, 1.807) is 0 Å². The van der Waals surface area contributed by atoms with E-state index < -0.39 is 22.3 Å². The van der Waals surface area contributed by atoms with E-state index in [4.69, 9.17) is 10.5 Å². The number of nitrogens with two attached hydrogens (primary N) is 1. The first-order valence-electron chi connectivity index (χ1n) is 6.00. The summed E-state index contributed by atoms with van der Waals surface area (Å²) in [7, 11) is 1.53. The van der Waals surface area contributed by atoms with Gasteiger partial charge >= 0.3 is 0 Å². The molecule has 1 aliphatic heterocycles. The molecule has 2 N–H and O–H groups in total. The molecule has 1 aromatic rings. The Morgan fingerprint density at radius 2 is 2.30 bits per heavy atom. The van der Waals surface area contributed by atoms with E-state index in [1.807, 2.05) is 0 Å². The Labute approximate surface area is 114 Å². The third-order valence-electron chi connectivity index (χ3n) is 3.32. The number of amides is 1. The van der Waals surface area contributed by atoms with Crippen LogP contribution in [0.5, 0.6) is 0 Å². The number of nitro benzene ring substituents is 1. The number of nitrogens with zero attached hydrogens (tertiary/aromatic N) is 2. The van der Waals surface area contributed by atoms with E-state index >= 15 is 0 Å². The quantitative estimate of drug-likeness (QED) is 0.510. The predicted octanol–water partition coefficient (Wildman–Crippen LogP) is 1.18. The third-order valence-corrected chi connectivity index (χ3v) is 3.32. The molecular formula is C12H14FN3O4. The van der Waals surface area contributed by atoms with Crippen molar-refractivity contribution >= 4 is 17.3 Å². The second kappa shape index (κ2) is 5.41. The van der Waals surface area contributed by atoms with Crippen LogP contribution in [0.15, 0.2) is 12.1 Å². The lowest BCUT2D eigenvalue weighted by atomic mass is 10.1. The smallest absolute Gasteiger partial charge is 0.285 e. The van der Waals surface area contributed by atoms with Crippen molar-refractivity contribution in [3.63, 3.8) is 0 Å². The van der Waals surface area contributed by atoms with Gasteiger partial charge in [0.2, 0.25) is 0 Å². The minimum atomic E-state index is -0.917. The Kier molecular flexibility index (Phi) is 3.84. The summed E-state index contributed by atoms with van der Waals surface area (Å²) in [5.41, 5.74) is 4.28. The largest absolute Gasteiger partial charge is 0.396 e. The first kappa shape index (κ1) is 14.2. The van der Waals surface area contributed by atoms with Crippen molar-refractivity contribution in [1.82, 2.24) is 4.90 Å². The van der Waals surface area contributed by atoms with Crippen LogP contribution < -0.4 is 5.73 Å². The summed E-state index contributed by atoms with van der Waals surface area (Å²) in [5, 5.41) is 10.9. The number of carbonyl (C=O) groups excluding carboxylic acids is 1. The number of halogens is 1. The molecule has 1 atom stereocenters. The van der Waals surface area contributed by atoms with Crippen molar-refractivity contribution in [1.29, 1.82) is 0 Å². The molecule has 0 bridgehead atoms. The highest BCUT2D eigenvalue weighted by Crippen LogP contribution is 2.26. The maximum Gasteiger partial charge on any atom is 0.285 e. The van der Waals surface area contributed by atoms with Crippen molar-refractivity contribution in [2.45, 2.75) is 12.5 Å². The summed E-state index contributed by atoms with van der Waals surface area (Å²) >= 11 is 0. The van der Waals surface area contributed by atoms with Gasteiger partial charge in [-0.25, -0.2) is 4.39 Å². The molecule has 1 saturated heterocycles. The number of hydrogen-bond donors (Lipinski definition) is 1. The molecule has 0 aliphatic carbocycles. The maximum atomic E-state index is 13.3. The number of ether oxygens (including phenoxy) is 1. The van der Waals surface area contributed by atoms with Crippen LogP contribution >= 0.6 is 0 Å². The molecule has 1 unspecified atom stereocenters. The molecule has 1 fully saturated rings. The first-order chi connectivity index (χ1) is 9.41. The molecule has 108 valence electrons. The summed E-state index contributed by atoms with van der Waals surface area (Å²) in [6.07, 6.45) is 0.659. The van der Waals surface area contributed by atoms with Gasteiger partial charge in [0.25, 0.3) is 11.6 Å². The molecule has 0 saturated carbocycles. The Morgan fingerprint density at radius 1 is 1.60 bits per heavy atom. The fraction of sp³-hybridized carbons (Fsp3) is 0.417. The zero-order valence-corrected chi connectivity index (χ0v) is 10.8. The van der Waals surface area contributed by atoms with Gasteiger partial charge in [-0.2, -0.15) is 0 Å². The van der Waals surface area contributed by atoms with E-state index in [9.17, 15) is 19.3 Å². The van der Waals surface area contributed by atoms with Crippen LogP contribution in [0.25, 0.3) is 0 Å². The highest BCUT2D eigenvalue weighted by Gasteiger charge is 2.30. The molecule has 1 heterocycles. The van der Waals surface area contributed by atoms with E-state index in [0.29, 0.717) is 25.7 Å². The van der Waals surface area contributed by atoms with Gasteiger partial charge in [-0.3, -0.25) is 14.9 Å². The zero-order chi connectivity index (χ0) is 14.9. The number of anilines is 1. The van der Waals surface area contributed by atoms with Crippen LogP contribution in [0, 0.1) is 15.9 Å². The van der Waals surface area contributed by atoms with Crippen LogP contribution in [0.1, 0.15) is 16.8 Å². The second-order valence-electron chi connectivity index (χ2n) is 4.58. The van der Waals surface area contributed by atoms with Crippen molar-refractivity contribution in [3.05, 3.63) is 33.6 Å². The lowest BCUT2D eigenvalue weighted by molar-refractivity contribution is -0.385. The van der Waals surface area contributed by atoms with Gasteiger partial charge in [0.05, 0.1) is 29.3 Å². The Bertz CT molecular complexity index is 558. The fourth-order valence-electron chi connectivity index (χ4n) is 2.09. The van der Waals surface area contributed by atoms with E-state index in [0.717, 1.165) is 6.07 Å². The van der Waals surface area contributed by atoms with E-state index in [-0.39, 0.29) is 17.3 Å². The highest BCUT2D eigenvalue weighted by molar-refractivity contribution is 5.99. The minimum absolute atomic E-state index is 0.145. The van der Waals surface area contributed by atoms with Gasteiger partial charge in [0.15, 0.2) is 5.82 Å². The number of likely N-dealkylation sites (N-methyl/N-ethyl adjacent to an activating group) is 1. The summed E-state index contributed by atoms with van der Waals surface area (Å²) in [6.45, 7) is 0.919. The topological polar surface area (TPSA) is 98.7 Å². The number of nitro groups is 1. The average molecular weight is 283 g/mol. The van der Waals surface area contributed by atoms with Crippen LogP contribution in [0.2, 0.25) is 0 Å². The van der Waals surface area contributed by atoms with Crippen LogP contribution in [0.3, 0.4) is 0 Å². The molecule has 0 aromatic heterocycles. The number of nitrogen functional groups attached to an aromatic ring is 1. The van der Waals surface area contributed by atoms with Gasteiger partial charge in [-0.05, 0) is 12.5 Å². The minimum Gasteiger partial charge on any atom is -0.396 e. The highest BCUT2D eigenvalue weighted by atomic mass is 19.1. The summed E-state index contributed by atoms with van der Waals surface area (Å²) in [5.74, 6) is -1.49. The molecule has 20 heavy (non-hydrogen) atoms. The van der Waals surface area contributed by atoms with Crippen LogP contribution in [-0.4, -0.2) is 42.0 Å². The SMILES string of the molecule is CN(C(=O)c1cc(N)c(F)cc1[N+](=O)[O-])C1CCOC1. The lowest BCUT2D eigenvalue weighted by Crippen LogP contribution is -2.37. The zero-order valence-electron chi connectivity index (χ0n) is 10.8. The van der Waals surface area contributed by atoms with Gasteiger partial charge in [0.1, 0.15) is 5.56 Å². The molecule has 0 radical (unpaired) electrons. The number of benzene rings is 1. The number of rotatable bonds is 3. The second-order valence-corrected chi connectivity index (χ2v) is 4.58. The van der Waals surface area contributed by atoms with Gasteiger partial charge in [-0.1, -0.05) is 0 Å². The van der Waals surface area contributed by atoms with Gasteiger partial charge < -0.3 is 15.4 Å². The summed E-state index contributed by atoms with van der Waals surface area (Å²) < 4.78 is 18.5. The van der Waals surface area contributed by atoms with E-state index in [1.165, 1.54) is 11.9 Å². The third kappa shape index (κ3) is 2.55. The van der Waals surface area contributed by atoms with Crippen LogP contribution in [-0.2, 0) is 4.74 Å². The molecule has 8 heteroatoms. The van der Waals surface area contributed by atoms with Crippen molar-refractivity contribution < 1.29 is 18.8 Å². The molecular weight excluding hydrogens is 269 g/mol. The predicted molar refractivity (Wildman–Crippen MR) is 68.8 cm³/mol.